The Kier molecular flexibility index (Phi) is 2.61. The van der Waals surface area contributed by atoms with Gasteiger partial charge >= 0.3 is 5.97 Å². The molecular formula is C8H9O2P. The van der Waals surface area contributed by atoms with Crippen LogP contribution < -0.4 is 5.30 Å². The zero-order chi connectivity index (χ0) is 8.27. The minimum absolute atomic E-state index is 0.296. The molecule has 0 amide bonds. The second-order valence-corrected chi connectivity index (χ2v) is 2.70. The molecule has 0 heterocycles. The molecule has 11 heavy (non-hydrogen) atoms. The maximum atomic E-state index is 11.0. The predicted octanol–water partition coefficient (Wildman–Crippen LogP) is 0.974. The highest BCUT2D eigenvalue weighted by atomic mass is 31.0. The summed E-state index contributed by atoms with van der Waals surface area (Å²) in [4.78, 5) is 11.0. The van der Waals surface area contributed by atoms with Crippen LogP contribution in [-0.4, -0.2) is 13.1 Å². The van der Waals surface area contributed by atoms with Crippen molar-refractivity contribution >= 4 is 20.5 Å². The number of hydrogen-bond donors (Lipinski definition) is 0. The SMILES string of the molecule is COC(=O)c1ccccc1P. The molecule has 0 bridgehead atoms. The van der Waals surface area contributed by atoms with Gasteiger partial charge in [0.15, 0.2) is 0 Å². The molecule has 0 saturated heterocycles. The summed E-state index contributed by atoms with van der Waals surface area (Å²) in [5.74, 6) is -0.296. The van der Waals surface area contributed by atoms with Crippen LogP contribution in [0.2, 0.25) is 0 Å². The molecule has 1 aromatic carbocycles. The van der Waals surface area contributed by atoms with Gasteiger partial charge < -0.3 is 4.74 Å². The number of hydrogen-bond acceptors (Lipinski definition) is 2. The summed E-state index contributed by atoms with van der Waals surface area (Å²) >= 11 is 0. The van der Waals surface area contributed by atoms with Gasteiger partial charge in [0.25, 0.3) is 0 Å². The maximum absolute atomic E-state index is 11.0. The molecule has 0 radical (unpaired) electrons. The molecular weight excluding hydrogens is 159 g/mol. The molecule has 3 heteroatoms. The Hall–Kier alpha value is -0.880. The minimum Gasteiger partial charge on any atom is -0.465 e. The van der Waals surface area contributed by atoms with E-state index in [1.807, 2.05) is 12.1 Å². The quantitative estimate of drug-likeness (QED) is 0.461. The first kappa shape index (κ1) is 8.22. The molecule has 0 fully saturated rings. The van der Waals surface area contributed by atoms with Crippen molar-refractivity contribution in [2.75, 3.05) is 7.11 Å². The molecule has 0 saturated carbocycles. The fourth-order valence-corrected chi connectivity index (χ4v) is 1.12. The van der Waals surface area contributed by atoms with Crippen LogP contribution >= 0.6 is 9.24 Å². The van der Waals surface area contributed by atoms with Gasteiger partial charge in [-0.1, -0.05) is 18.2 Å². The Labute approximate surface area is 67.8 Å². The van der Waals surface area contributed by atoms with E-state index in [-0.39, 0.29) is 5.97 Å². The first-order valence-electron chi connectivity index (χ1n) is 3.18. The summed E-state index contributed by atoms with van der Waals surface area (Å²) in [7, 11) is 3.86. The van der Waals surface area contributed by atoms with Gasteiger partial charge in [-0.3, -0.25) is 0 Å². The van der Waals surface area contributed by atoms with E-state index in [1.165, 1.54) is 7.11 Å². The van der Waals surface area contributed by atoms with E-state index in [9.17, 15) is 4.79 Å². The van der Waals surface area contributed by atoms with Crippen LogP contribution in [0, 0.1) is 0 Å². The molecule has 1 atom stereocenters. The lowest BCUT2D eigenvalue weighted by atomic mass is 10.2. The minimum atomic E-state index is -0.296. The van der Waals surface area contributed by atoms with E-state index >= 15 is 0 Å². The number of carbonyl (C=O) groups is 1. The maximum Gasteiger partial charge on any atom is 0.338 e. The summed E-state index contributed by atoms with van der Waals surface area (Å²) in [5, 5.41) is 0.861. The molecule has 0 N–H and O–H groups in total. The molecule has 0 aliphatic carbocycles. The Bertz CT molecular complexity index is 271. The lowest BCUT2D eigenvalue weighted by molar-refractivity contribution is 0.0602. The van der Waals surface area contributed by atoms with Crippen molar-refractivity contribution < 1.29 is 9.53 Å². The standard InChI is InChI=1S/C8H9O2P/c1-10-8(9)6-4-2-3-5-7(6)11/h2-5H,11H2,1H3. The van der Waals surface area contributed by atoms with Crippen molar-refractivity contribution in [2.24, 2.45) is 0 Å². The molecule has 1 rings (SSSR count). The van der Waals surface area contributed by atoms with Gasteiger partial charge in [-0.2, -0.15) is 0 Å². The van der Waals surface area contributed by atoms with Crippen LogP contribution in [0.15, 0.2) is 24.3 Å². The fourth-order valence-electron chi connectivity index (χ4n) is 0.793. The molecule has 0 aliphatic heterocycles. The van der Waals surface area contributed by atoms with Crippen LogP contribution in [0.1, 0.15) is 10.4 Å². The average molecular weight is 168 g/mol. The van der Waals surface area contributed by atoms with Gasteiger partial charge in [-0.25, -0.2) is 4.79 Å². The summed E-state index contributed by atoms with van der Waals surface area (Å²) in [6, 6.07) is 7.25. The van der Waals surface area contributed by atoms with Crippen molar-refractivity contribution in [1.82, 2.24) is 0 Å². The van der Waals surface area contributed by atoms with E-state index < -0.39 is 0 Å². The number of esters is 1. The predicted molar refractivity (Wildman–Crippen MR) is 47.1 cm³/mol. The zero-order valence-corrected chi connectivity index (χ0v) is 7.36. The third-order valence-corrected chi connectivity index (χ3v) is 1.87. The normalized spacial score (nSPS) is 9.27. The number of rotatable bonds is 1. The van der Waals surface area contributed by atoms with Gasteiger partial charge in [0.1, 0.15) is 0 Å². The Morgan fingerprint density at radius 1 is 1.45 bits per heavy atom. The van der Waals surface area contributed by atoms with Crippen LogP contribution in [0.3, 0.4) is 0 Å². The van der Waals surface area contributed by atoms with Gasteiger partial charge in [-0.15, -0.1) is 9.24 Å². The highest BCUT2D eigenvalue weighted by Gasteiger charge is 2.06. The first-order chi connectivity index (χ1) is 5.25. The van der Waals surface area contributed by atoms with Crippen LogP contribution in [0.25, 0.3) is 0 Å². The molecule has 58 valence electrons. The second-order valence-electron chi connectivity index (χ2n) is 2.08. The van der Waals surface area contributed by atoms with Crippen LogP contribution in [-0.2, 0) is 4.74 Å². The van der Waals surface area contributed by atoms with Crippen LogP contribution in [0.5, 0.6) is 0 Å². The van der Waals surface area contributed by atoms with E-state index in [0.29, 0.717) is 5.56 Å². The van der Waals surface area contributed by atoms with Crippen molar-refractivity contribution in [2.45, 2.75) is 0 Å². The largest absolute Gasteiger partial charge is 0.465 e. The van der Waals surface area contributed by atoms with Crippen molar-refractivity contribution in [1.29, 1.82) is 0 Å². The zero-order valence-electron chi connectivity index (χ0n) is 6.20. The number of carbonyl (C=O) groups excluding carboxylic acids is 1. The van der Waals surface area contributed by atoms with E-state index in [4.69, 9.17) is 0 Å². The van der Waals surface area contributed by atoms with E-state index in [2.05, 4.69) is 14.0 Å². The van der Waals surface area contributed by atoms with Gasteiger partial charge in [-0.05, 0) is 11.4 Å². The molecule has 1 aromatic rings. The summed E-state index contributed by atoms with van der Waals surface area (Å²) in [6.07, 6.45) is 0. The monoisotopic (exact) mass is 168 g/mol. The Balaban J connectivity index is 3.03. The number of ether oxygens (including phenoxy) is 1. The summed E-state index contributed by atoms with van der Waals surface area (Å²) in [5.41, 5.74) is 0.597. The number of methoxy groups -OCH3 is 1. The fraction of sp³-hybridized carbons (Fsp3) is 0.125. The third kappa shape index (κ3) is 1.78. The van der Waals surface area contributed by atoms with E-state index in [1.54, 1.807) is 12.1 Å². The molecule has 0 spiro atoms. The smallest absolute Gasteiger partial charge is 0.338 e. The molecule has 2 nitrogen and oxygen atoms in total. The van der Waals surface area contributed by atoms with Crippen molar-refractivity contribution in [3.8, 4) is 0 Å². The van der Waals surface area contributed by atoms with Gasteiger partial charge in [0.05, 0.1) is 12.7 Å². The van der Waals surface area contributed by atoms with Crippen molar-refractivity contribution in [3.05, 3.63) is 29.8 Å². The summed E-state index contributed by atoms with van der Waals surface area (Å²) < 4.78 is 4.56. The Morgan fingerprint density at radius 2 is 2.09 bits per heavy atom. The highest BCUT2D eigenvalue weighted by Crippen LogP contribution is 2.01. The third-order valence-electron chi connectivity index (χ3n) is 1.37. The van der Waals surface area contributed by atoms with Crippen molar-refractivity contribution in [3.63, 3.8) is 0 Å². The average Bonchev–Trinajstić information content (AvgIpc) is 2.04. The van der Waals surface area contributed by atoms with E-state index in [0.717, 1.165) is 5.30 Å². The first-order valence-corrected chi connectivity index (χ1v) is 3.76. The topological polar surface area (TPSA) is 26.3 Å². The van der Waals surface area contributed by atoms with Gasteiger partial charge in [0.2, 0.25) is 0 Å². The van der Waals surface area contributed by atoms with Crippen LogP contribution in [0.4, 0.5) is 0 Å². The Morgan fingerprint density at radius 3 is 2.64 bits per heavy atom. The highest BCUT2D eigenvalue weighted by molar-refractivity contribution is 7.27. The summed E-state index contributed by atoms with van der Waals surface area (Å²) in [6.45, 7) is 0. The lowest BCUT2D eigenvalue weighted by Crippen LogP contribution is -2.10. The molecule has 1 unspecified atom stereocenters. The molecule has 0 aromatic heterocycles. The van der Waals surface area contributed by atoms with Gasteiger partial charge in [0, 0.05) is 0 Å². The number of benzene rings is 1. The second kappa shape index (κ2) is 3.49. The molecule has 0 aliphatic rings. The lowest BCUT2D eigenvalue weighted by Gasteiger charge is -2.00.